The van der Waals surface area contributed by atoms with Crippen LogP contribution in [0, 0.1) is 0 Å². The van der Waals surface area contributed by atoms with E-state index in [1.165, 1.54) is 25.7 Å². The van der Waals surface area contributed by atoms with E-state index >= 15 is 0 Å². The zero-order valence-corrected chi connectivity index (χ0v) is 20.9. The van der Waals surface area contributed by atoms with Crippen molar-refractivity contribution in [2.24, 2.45) is 0 Å². The van der Waals surface area contributed by atoms with E-state index in [1.807, 2.05) is 0 Å². The van der Waals surface area contributed by atoms with Gasteiger partial charge in [-0.3, -0.25) is 9.29 Å². The van der Waals surface area contributed by atoms with Crippen molar-refractivity contribution in [2.75, 3.05) is 11.8 Å². The largest absolute Gasteiger partial charge is 0.481 e. The first kappa shape index (κ1) is 24.5. The van der Waals surface area contributed by atoms with Crippen LogP contribution in [0.3, 0.4) is 0 Å². The molecule has 4 rings (SSSR count). The summed E-state index contributed by atoms with van der Waals surface area (Å²) in [5.74, 6) is 0.969. The third-order valence-corrected chi connectivity index (χ3v) is 7.64. The van der Waals surface area contributed by atoms with Gasteiger partial charge < -0.3 is 9.26 Å². The lowest BCUT2D eigenvalue weighted by Gasteiger charge is -2.21. The second kappa shape index (κ2) is 9.96. The van der Waals surface area contributed by atoms with Gasteiger partial charge in [-0.1, -0.05) is 29.7 Å². The average Bonchev–Trinajstić information content (AvgIpc) is 3.53. The number of hydrogen-bond acceptors (Lipinski definition) is 10. The second-order valence-electron chi connectivity index (χ2n) is 7.77. The molecule has 4 aromatic rings. The fourth-order valence-corrected chi connectivity index (χ4v) is 4.72. The van der Waals surface area contributed by atoms with E-state index in [4.69, 9.17) is 20.9 Å². The third kappa shape index (κ3) is 5.10. The van der Waals surface area contributed by atoms with Crippen molar-refractivity contribution in [2.45, 2.75) is 38.0 Å². The van der Waals surface area contributed by atoms with Gasteiger partial charge in [-0.2, -0.15) is 0 Å². The number of nitrogens with zero attached hydrogens (tertiary/aromatic N) is 7. The van der Waals surface area contributed by atoms with Crippen LogP contribution in [-0.2, 0) is 10.0 Å². The van der Waals surface area contributed by atoms with Crippen molar-refractivity contribution in [3.05, 3.63) is 59.5 Å². The SMILES string of the molecule is COc1cccc(-c2nnc(NS(=O)(=O)[C@@H](C)[C@H](C)c3ncc(Cl)cn3)n2[C@H](C)c2ccno2)n1. The minimum Gasteiger partial charge on any atom is -0.481 e. The zero-order chi connectivity index (χ0) is 25.2. The molecule has 0 fully saturated rings. The van der Waals surface area contributed by atoms with Gasteiger partial charge in [0.1, 0.15) is 11.5 Å². The van der Waals surface area contributed by atoms with E-state index in [1.54, 1.807) is 49.6 Å². The fourth-order valence-electron chi connectivity index (χ4n) is 3.38. The zero-order valence-electron chi connectivity index (χ0n) is 19.3. The summed E-state index contributed by atoms with van der Waals surface area (Å²) in [6, 6.07) is 6.32. The summed E-state index contributed by atoms with van der Waals surface area (Å²) in [5.41, 5.74) is 0.435. The van der Waals surface area contributed by atoms with Crippen LogP contribution in [0.15, 0.2) is 47.4 Å². The summed E-state index contributed by atoms with van der Waals surface area (Å²) >= 11 is 5.86. The Morgan fingerprint density at radius 1 is 1.11 bits per heavy atom. The first-order chi connectivity index (χ1) is 16.7. The standard InChI is InChI=1S/C21H23ClN8O4S/c1-12(19-23-10-15(22)11-24-19)14(3)35(31,32)29-21-28-27-20(16-6-5-7-18(26-16)33-4)30(21)13(2)17-8-9-25-34-17/h5-14H,1-4H3,(H,28,29)/t12-,13+,14-/m0/s1. The number of aromatic nitrogens is 7. The summed E-state index contributed by atoms with van der Waals surface area (Å²) < 4.78 is 41.4. The molecule has 35 heavy (non-hydrogen) atoms. The van der Waals surface area contributed by atoms with Gasteiger partial charge in [-0.15, -0.1) is 10.2 Å². The van der Waals surface area contributed by atoms with Crippen LogP contribution in [-0.4, -0.2) is 55.7 Å². The van der Waals surface area contributed by atoms with Crippen LogP contribution in [0.25, 0.3) is 11.5 Å². The number of pyridine rings is 1. The van der Waals surface area contributed by atoms with Crippen LogP contribution in [0.1, 0.15) is 44.3 Å². The molecule has 0 bridgehead atoms. The monoisotopic (exact) mass is 518 g/mol. The van der Waals surface area contributed by atoms with Gasteiger partial charge in [0.15, 0.2) is 11.6 Å². The summed E-state index contributed by atoms with van der Waals surface area (Å²) in [7, 11) is -2.45. The minimum atomic E-state index is -3.96. The lowest BCUT2D eigenvalue weighted by Crippen LogP contribution is -2.32. The van der Waals surface area contributed by atoms with Crippen molar-refractivity contribution in [1.29, 1.82) is 0 Å². The summed E-state index contributed by atoms with van der Waals surface area (Å²) in [5, 5.41) is 11.5. The minimum absolute atomic E-state index is 0.00963. The maximum atomic E-state index is 13.3. The van der Waals surface area contributed by atoms with Gasteiger partial charge >= 0.3 is 0 Å². The van der Waals surface area contributed by atoms with Crippen molar-refractivity contribution in [3.8, 4) is 17.4 Å². The van der Waals surface area contributed by atoms with Gasteiger partial charge in [0.2, 0.25) is 21.9 Å². The van der Waals surface area contributed by atoms with E-state index in [2.05, 4.69) is 35.0 Å². The summed E-state index contributed by atoms with van der Waals surface area (Å²) in [4.78, 5) is 12.7. The number of halogens is 1. The van der Waals surface area contributed by atoms with E-state index in [-0.39, 0.29) is 5.95 Å². The molecule has 3 atom stereocenters. The molecule has 14 heteroatoms. The number of hydrogen-bond donors (Lipinski definition) is 1. The van der Waals surface area contributed by atoms with Crippen molar-refractivity contribution >= 4 is 27.6 Å². The number of rotatable bonds is 9. The van der Waals surface area contributed by atoms with Crippen LogP contribution in [0.4, 0.5) is 5.95 Å². The van der Waals surface area contributed by atoms with Gasteiger partial charge in [0, 0.05) is 30.4 Å². The first-order valence-corrected chi connectivity index (χ1v) is 12.5. The summed E-state index contributed by atoms with van der Waals surface area (Å²) in [6.07, 6.45) is 4.35. The van der Waals surface area contributed by atoms with E-state index in [0.29, 0.717) is 34.0 Å². The Morgan fingerprint density at radius 3 is 2.51 bits per heavy atom. The highest BCUT2D eigenvalue weighted by molar-refractivity contribution is 7.93. The number of methoxy groups -OCH3 is 1. The normalized spacial score (nSPS) is 14.3. The molecule has 0 unspecified atom stereocenters. The van der Waals surface area contributed by atoms with E-state index < -0.39 is 27.2 Å². The maximum absolute atomic E-state index is 13.3. The third-order valence-electron chi connectivity index (χ3n) is 5.59. The topological polar surface area (TPSA) is 151 Å². The maximum Gasteiger partial charge on any atom is 0.239 e. The number of nitrogens with one attached hydrogen (secondary N) is 1. The molecule has 0 aliphatic heterocycles. The molecule has 0 saturated carbocycles. The molecular weight excluding hydrogens is 496 g/mol. The Balaban J connectivity index is 1.72. The van der Waals surface area contributed by atoms with Crippen molar-refractivity contribution < 1.29 is 17.7 Å². The Morgan fingerprint density at radius 2 is 1.86 bits per heavy atom. The molecule has 0 spiro atoms. The van der Waals surface area contributed by atoms with Gasteiger partial charge in [0.25, 0.3) is 0 Å². The van der Waals surface area contributed by atoms with Crippen LogP contribution >= 0.6 is 11.6 Å². The number of anilines is 1. The molecule has 0 aliphatic carbocycles. The van der Waals surface area contributed by atoms with Crippen molar-refractivity contribution in [3.63, 3.8) is 0 Å². The first-order valence-electron chi connectivity index (χ1n) is 10.6. The van der Waals surface area contributed by atoms with Crippen LogP contribution < -0.4 is 9.46 Å². The predicted molar refractivity (Wildman–Crippen MR) is 128 cm³/mol. The highest BCUT2D eigenvalue weighted by Crippen LogP contribution is 2.30. The molecule has 12 nitrogen and oxygen atoms in total. The molecule has 184 valence electrons. The van der Waals surface area contributed by atoms with Crippen LogP contribution in [0.5, 0.6) is 5.88 Å². The molecule has 0 aliphatic rings. The number of ether oxygens (including phenoxy) is 1. The highest BCUT2D eigenvalue weighted by atomic mass is 35.5. The molecule has 4 aromatic heterocycles. The summed E-state index contributed by atoms with van der Waals surface area (Å²) in [6.45, 7) is 5.09. The number of sulfonamides is 1. The molecule has 0 aromatic carbocycles. The molecule has 1 N–H and O–H groups in total. The van der Waals surface area contributed by atoms with E-state index in [9.17, 15) is 8.42 Å². The Labute approximate surface area is 206 Å². The van der Waals surface area contributed by atoms with E-state index in [0.717, 1.165) is 0 Å². The molecule has 0 radical (unpaired) electrons. The Hall–Kier alpha value is -3.58. The highest BCUT2D eigenvalue weighted by Gasteiger charge is 2.32. The smallest absolute Gasteiger partial charge is 0.239 e. The fraction of sp³-hybridized carbons (Fsp3) is 0.333. The lowest BCUT2D eigenvalue weighted by atomic mass is 10.1. The Bertz CT molecular complexity index is 1390. The predicted octanol–water partition coefficient (Wildman–Crippen LogP) is 3.32. The Kier molecular flexibility index (Phi) is 6.98. The molecule has 4 heterocycles. The average molecular weight is 519 g/mol. The van der Waals surface area contributed by atoms with Gasteiger partial charge in [-0.25, -0.2) is 23.4 Å². The quantitative estimate of drug-likeness (QED) is 0.349. The molecule has 0 saturated heterocycles. The molecule has 0 amide bonds. The van der Waals surface area contributed by atoms with Crippen LogP contribution in [0.2, 0.25) is 5.02 Å². The van der Waals surface area contributed by atoms with Gasteiger partial charge in [-0.05, 0) is 19.9 Å². The van der Waals surface area contributed by atoms with Crippen molar-refractivity contribution in [1.82, 2.24) is 34.9 Å². The lowest BCUT2D eigenvalue weighted by molar-refractivity contribution is 0.354. The van der Waals surface area contributed by atoms with Gasteiger partial charge in [0.05, 0.1) is 29.6 Å². The molecular formula is C21H23ClN8O4S. The second-order valence-corrected chi connectivity index (χ2v) is 10.2.